The van der Waals surface area contributed by atoms with Gasteiger partial charge in [-0.05, 0) is 37.8 Å². The van der Waals surface area contributed by atoms with E-state index < -0.39 is 51.8 Å². The monoisotopic (exact) mass is 473 g/mol. The van der Waals surface area contributed by atoms with E-state index in [1.165, 1.54) is 20.3 Å². The average molecular weight is 473 g/mol. The highest BCUT2D eigenvalue weighted by Gasteiger charge is 2.47. The van der Waals surface area contributed by atoms with Crippen LogP contribution in [-0.4, -0.2) is 43.5 Å². The predicted molar refractivity (Wildman–Crippen MR) is 116 cm³/mol. The van der Waals surface area contributed by atoms with Gasteiger partial charge in [-0.25, -0.2) is 4.79 Å². The normalized spacial score (nSPS) is 22.0. The summed E-state index contributed by atoms with van der Waals surface area (Å²) in [6.07, 6.45) is 0.295. The van der Waals surface area contributed by atoms with Crippen molar-refractivity contribution in [3.8, 4) is 11.5 Å². The second-order valence-corrected chi connectivity index (χ2v) is 8.08. The Balaban J connectivity index is 2.32. The molecule has 0 fully saturated rings. The van der Waals surface area contributed by atoms with Crippen molar-refractivity contribution in [3.63, 3.8) is 0 Å². The first-order valence-electron chi connectivity index (χ1n) is 10.6. The number of benzene rings is 1. The minimum Gasteiger partial charge on any atom is -0.865 e. The second-order valence-electron chi connectivity index (χ2n) is 8.08. The molecule has 0 saturated carbocycles. The number of ether oxygens (including phenoxy) is 3. The van der Waals surface area contributed by atoms with Crippen molar-refractivity contribution in [1.82, 2.24) is 5.32 Å². The minimum absolute atomic E-state index is 0.0436. The predicted octanol–water partition coefficient (Wildman–Crippen LogP) is 1.85. The molecule has 1 N–H and O–H groups in total. The number of hydrogen-bond acceptors (Lipinski definition) is 10. The van der Waals surface area contributed by atoms with Crippen LogP contribution in [0.15, 0.2) is 34.7 Å². The zero-order valence-electron chi connectivity index (χ0n) is 19.4. The Morgan fingerprint density at radius 1 is 1.26 bits per heavy atom. The van der Waals surface area contributed by atoms with Crippen LogP contribution >= 0.6 is 0 Å². The van der Waals surface area contributed by atoms with E-state index in [2.05, 4.69) is 5.32 Å². The Morgan fingerprint density at radius 2 is 1.94 bits per heavy atom. The van der Waals surface area contributed by atoms with Crippen molar-refractivity contribution < 1.29 is 38.6 Å². The van der Waals surface area contributed by atoms with Gasteiger partial charge in [0.1, 0.15) is 11.7 Å². The number of nitrogens with one attached hydrogen (secondary N) is 1. The molecule has 0 spiro atoms. The molecular formula is C23H25N2O9-. The molecule has 34 heavy (non-hydrogen) atoms. The van der Waals surface area contributed by atoms with Crippen molar-refractivity contribution in [2.75, 3.05) is 20.8 Å². The Bertz CT molecular complexity index is 1140. The lowest BCUT2D eigenvalue weighted by Gasteiger charge is -2.38. The number of nitro benzene ring substituents is 1. The van der Waals surface area contributed by atoms with Gasteiger partial charge in [0.25, 0.3) is 5.69 Å². The molecule has 1 aromatic rings. The van der Waals surface area contributed by atoms with Gasteiger partial charge in [0.2, 0.25) is 0 Å². The molecule has 11 heteroatoms. The summed E-state index contributed by atoms with van der Waals surface area (Å²) >= 11 is 0. The molecule has 11 nitrogen and oxygen atoms in total. The van der Waals surface area contributed by atoms with Crippen molar-refractivity contribution in [2.24, 2.45) is 11.8 Å². The molecule has 3 atom stereocenters. The van der Waals surface area contributed by atoms with Gasteiger partial charge < -0.3 is 24.6 Å². The molecule has 0 bridgehead atoms. The van der Waals surface area contributed by atoms with Gasteiger partial charge in [-0.15, -0.1) is 0 Å². The number of nitro groups is 1. The molecule has 3 rings (SSSR count). The van der Waals surface area contributed by atoms with Crippen LogP contribution in [0.1, 0.15) is 38.7 Å². The van der Waals surface area contributed by atoms with E-state index in [1.807, 2.05) is 0 Å². The zero-order chi connectivity index (χ0) is 25.3. The maximum absolute atomic E-state index is 13.6. The SMILES string of the molecule is CCOC(=O)C1=C(C)NC2=C(C(=O)C(C(=O)OC)C(C)C2)C1c1cc(OC)c([O-])c([N+](=O)[O-])c1. The van der Waals surface area contributed by atoms with Crippen molar-refractivity contribution in [2.45, 2.75) is 33.1 Å². The fourth-order valence-corrected chi connectivity index (χ4v) is 4.56. The van der Waals surface area contributed by atoms with E-state index in [9.17, 15) is 29.6 Å². The maximum Gasteiger partial charge on any atom is 0.336 e. The first kappa shape index (κ1) is 24.7. The van der Waals surface area contributed by atoms with E-state index in [-0.39, 0.29) is 29.1 Å². The summed E-state index contributed by atoms with van der Waals surface area (Å²) in [7, 11) is 2.36. The molecular weight excluding hydrogens is 448 g/mol. The molecule has 3 unspecified atom stereocenters. The fraction of sp³-hybridized carbons (Fsp3) is 0.435. The van der Waals surface area contributed by atoms with E-state index in [0.717, 1.165) is 6.07 Å². The number of nitrogens with zero attached hydrogens (tertiary/aromatic N) is 1. The first-order chi connectivity index (χ1) is 16.1. The van der Waals surface area contributed by atoms with Crippen molar-refractivity contribution in [1.29, 1.82) is 0 Å². The highest BCUT2D eigenvalue weighted by Crippen LogP contribution is 2.48. The van der Waals surface area contributed by atoms with Gasteiger partial charge in [-0.1, -0.05) is 6.92 Å². The fourth-order valence-electron chi connectivity index (χ4n) is 4.56. The largest absolute Gasteiger partial charge is 0.865 e. The summed E-state index contributed by atoms with van der Waals surface area (Å²) in [5.74, 6) is -5.91. The summed E-state index contributed by atoms with van der Waals surface area (Å²) in [5.41, 5.74) is 0.370. The minimum atomic E-state index is -1.13. The summed E-state index contributed by atoms with van der Waals surface area (Å²) in [6, 6.07) is 2.29. The van der Waals surface area contributed by atoms with Gasteiger partial charge in [-0.3, -0.25) is 19.7 Å². The second kappa shape index (κ2) is 9.54. The number of rotatable bonds is 6. The quantitative estimate of drug-likeness (QED) is 0.280. The topological polar surface area (TPSA) is 157 Å². The molecule has 1 aliphatic heterocycles. The molecule has 1 aromatic carbocycles. The number of allylic oxidation sites excluding steroid dienone is 3. The maximum atomic E-state index is 13.6. The molecule has 0 saturated heterocycles. The molecule has 0 amide bonds. The Labute approximate surface area is 195 Å². The highest BCUT2D eigenvalue weighted by molar-refractivity contribution is 6.12. The number of hydrogen-bond donors (Lipinski definition) is 1. The molecule has 182 valence electrons. The lowest BCUT2D eigenvalue weighted by molar-refractivity contribution is -0.398. The summed E-state index contributed by atoms with van der Waals surface area (Å²) in [4.78, 5) is 49.8. The zero-order valence-corrected chi connectivity index (χ0v) is 19.4. The van der Waals surface area contributed by atoms with Crippen LogP contribution < -0.4 is 15.2 Å². The van der Waals surface area contributed by atoms with Crippen LogP contribution in [0.25, 0.3) is 0 Å². The van der Waals surface area contributed by atoms with E-state index in [1.54, 1.807) is 20.8 Å². The van der Waals surface area contributed by atoms with Crippen molar-refractivity contribution >= 4 is 23.4 Å². The number of carbonyl (C=O) groups is 3. The standard InChI is InChI=1S/C23H26N2O9/c1-6-34-23(29)17-11(3)24-13-7-10(2)16(22(28)33-5)21(27)19(13)18(17)12-8-14(25(30)31)20(26)15(9-12)32-4/h8-10,16,18,24,26H,6-7H2,1-5H3/p-1. The molecule has 0 radical (unpaired) electrons. The number of methoxy groups -OCH3 is 2. The number of esters is 2. The number of dihydropyridines is 1. The smallest absolute Gasteiger partial charge is 0.336 e. The summed E-state index contributed by atoms with van der Waals surface area (Å²) in [6.45, 7) is 5.02. The lowest BCUT2D eigenvalue weighted by Crippen LogP contribution is -2.43. The summed E-state index contributed by atoms with van der Waals surface area (Å²) < 4.78 is 15.1. The molecule has 0 aromatic heterocycles. The van der Waals surface area contributed by atoms with Crippen LogP contribution in [-0.2, 0) is 23.9 Å². The van der Waals surface area contributed by atoms with Crippen LogP contribution in [0.2, 0.25) is 0 Å². The van der Waals surface area contributed by atoms with Gasteiger partial charge in [-0.2, -0.15) is 0 Å². The Hall–Kier alpha value is -3.89. The van der Waals surface area contributed by atoms with Gasteiger partial charge >= 0.3 is 11.9 Å². The number of carbonyl (C=O) groups excluding carboxylic acids is 3. The van der Waals surface area contributed by atoms with Crippen LogP contribution in [0.3, 0.4) is 0 Å². The van der Waals surface area contributed by atoms with E-state index >= 15 is 0 Å². The third kappa shape index (κ3) is 4.09. The third-order valence-electron chi connectivity index (χ3n) is 6.05. The molecule has 1 heterocycles. The van der Waals surface area contributed by atoms with Crippen LogP contribution in [0.4, 0.5) is 5.69 Å². The highest BCUT2D eigenvalue weighted by atomic mass is 16.6. The van der Waals surface area contributed by atoms with E-state index in [0.29, 0.717) is 17.8 Å². The Morgan fingerprint density at radius 3 is 2.50 bits per heavy atom. The molecule has 2 aliphatic rings. The lowest BCUT2D eigenvalue weighted by atomic mass is 9.69. The third-order valence-corrected chi connectivity index (χ3v) is 6.05. The van der Waals surface area contributed by atoms with Crippen molar-refractivity contribution in [3.05, 3.63) is 50.4 Å². The van der Waals surface area contributed by atoms with Gasteiger partial charge in [0.15, 0.2) is 5.78 Å². The number of ketones is 1. The van der Waals surface area contributed by atoms with Gasteiger partial charge in [0.05, 0.1) is 31.3 Å². The Kier molecular flexibility index (Phi) is 6.94. The van der Waals surface area contributed by atoms with Crippen LogP contribution in [0, 0.1) is 22.0 Å². The number of Topliss-reactive ketones (excluding diaryl/α,β-unsaturated/α-hetero) is 1. The van der Waals surface area contributed by atoms with E-state index in [4.69, 9.17) is 14.2 Å². The van der Waals surface area contributed by atoms with Crippen LogP contribution in [0.5, 0.6) is 11.5 Å². The van der Waals surface area contributed by atoms with Gasteiger partial charge in [0, 0.05) is 34.7 Å². The average Bonchev–Trinajstić information content (AvgIpc) is 2.77. The first-order valence-corrected chi connectivity index (χ1v) is 10.6. The molecule has 1 aliphatic carbocycles. The summed E-state index contributed by atoms with van der Waals surface area (Å²) in [5, 5.41) is 27.1.